The van der Waals surface area contributed by atoms with Gasteiger partial charge in [-0.1, -0.05) is 47.3 Å². The van der Waals surface area contributed by atoms with E-state index in [-0.39, 0.29) is 17.9 Å². The van der Waals surface area contributed by atoms with Crippen molar-refractivity contribution in [2.24, 2.45) is 5.41 Å². The van der Waals surface area contributed by atoms with E-state index in [2.05, 4.69) is 16.8 Å². The zero-order chi connectivity index (χ0) is 33.6. The molecule has 1 aliphatic rings. The number of esters is 2. The van der Waals surface area contributed by atoms with Gasteiger partial charge < -0.3 is 37.6 Å². The molecule has 0 aromatic carbocycles. The van der Waals surface area contributed by atoms with Gasteiger partial charge >= 0.3 is 24.3 Å². The van der Waals surface area contributed by atoms with Crippen LogP contribution in [0.2, 0.25) is 0 Å². The van der Waals surface area contributed by atoms with Crippen molar-refractivity contribution in [2.75, 3.05) is 46.1 Å². The second kappa shape index (κ2) is 18.9. The smallest absolute Gasteiger partial charge is 0.330 e. The van der Waals surface area contributed by atoms with Crippen LogP contribution in [0.15, 0.2) is 15.8 Å². The minimum Gasteiger partial charge on any atom is -0.452 e. The highest BCUT2D eigenvalue weighted by molar-refractivity contribution is 8.76. The molecule has 2 N–H and O–H groups in total. The van der Waals surface area contributed by atoms with Crippen LogP contribution >= 0.6 is 28.3 Å². The summed E-state index contributed by atoms with van der Waals surface area (Å²) in [5.74, 6) is 2.20. The van der Waals surface area contributed by atoms with Crippen LogP contribution in [0, 0.1) is 37.0 Å². The molecule has 14 nitrogen and oxygen atoms in total. The van der Waals surface area contributed by atoms with Crippen molar-refractivity contribution in [3.8, 4) is 24.7 Å². The Labute approximate surface area is 274 Å². The average Bonchev–Trinajstić information content (AvgIpc) is 3.43. The first-order chi connectivity index (χ1) is 21.4. The van der Waals surface area contributed by atoms with Crippen molar-refractivity contribution >= 4 is 52.1 Å². The molecular weight excluding hydrogens is 671 g/mol. The number of hydrogen-bond donors (Lipinski definition) is 2. The van der Waals surface area contributed by atoms with E-state index in [1.54, 1.807) is 10.8 Å². The molecule has 0 radical (unpaired) electrons. The number of H-pyrrole nitrogens is 1. The molecule has 5 atom stereocenters. The van der Waals surface area contributed by atoms with Gasteiger partial charge in [0.1, 0.15) is 18.3 Å². The third-order valence-corrected chi connectivity index (χ3v) is 11.6. The molecule has 1 aromatic rings. The lowest BCUT2D eigenvalue weighted by molar-refractivity contribution is -0.178. The number of hydrogen-bond acceptors (Lipinski definition) is 15. The summed E-state index contributed by atoms with van der Waals surface area (Å²) in [5.41, 5.74) is -3.24. The van der Waals surface area contributed by atoms with Crippen LogP contribution in [-0.2, 0) is 53.9 Å². The Balaban J connectivity index is 2.32. The number of aliphatic hydroxyl groups excluding tert-OH is 1. The Morgan fingerprint density at radius 1 is 1.27 bits per heavy atom. The average molecular weight is 709 g/mol. The van der Waals surface area contributed by atoms with Crippen molar-refractivity contribution in [1.29, 1.82) is 0 Å². The molecule has 3 unspecified atom stereocenters. The molecule has 2 rings (SSSR count). The third kappa shape index (κ3) is 11.0. The van der Waals surface area contributed by atoms with Gasteiger partial charge in [0.2, 0.25) is 5.41 Å². The molecule has 0 amide bonds. The van der Waals surface area contributed by atoms with E-state index in [1.165, 1.54) is 31.0 Å². The van der Waals surface area contributed by atoms with E-state index in [0.717, 1.165) is 11.0 Å². The SMILES string of the molecule is C#CCOC(=O)C(COCSSC(C)CC)(COP(=S)(OC)OC1C[C@H](n2cc(C)c(=O)[nH]c2=O)O[C@@H]1CO)C(=O)OCC#C. The van der Waals surface area contributed by atoms with E-state index >= 15 is 0 Å². The number of nitrogens with one attached hydrogen (secondary N) is 1. The monoisotopic (exact) mass is 708 g/mol. The summed E-state index contributed by atoms with van der Waals surface area (Å²) in [7, 11) is 4.15. The van der Waals surface area contributed by atoms with Crippen LogP contribution in [-0.4, -0.2) is 90.1 Å². The predicted octanol–water partition coefficient (Wildman–Crippen LogP) is 1.89. The van der Waals surface area contributed by atoms with Crippen LogP contribution in [0.3, 0.4) is 0 Å². The number of ether oxygens (including phenoxy) is 4. The van der Waals surface area contributed by atoms with Gasteiger partial charge in [-0.25, -0.2) is 4.79 Å². The number of nitrogens with zero attached hydrogens (tertiary/aromatic N) is 1. The fourth-order valence-corrected chi connectivity index (χ4v) is 7.47. The number of aromatic amines is 1. The van der Waals surface area contributed by atoms with Crippen LogP contribution < -0.4 is 11.2 Å². The molecule has 250 valence electrons. The second-order valence-electron chi connectivity index (χ2n) is 9.62. The van der Waals surface area contributed by atoms with Crippen LogP contribution in [0.25, 0.3) is 0 Å². The molecule has 18 heteroatoms. The third-order valence-electron chi connectivity index (χ3n) is 6.42. The van der Waals surface area contributed by atoms with Gasteiger partial charge in [-0.2, -0.15) is 0 Å². The number of rotatable bonds is 19. The summed E-state index contributed by atoms with van der Waals surface area (Å²) in [5, 5.41) is 10.3. The minimum atomic E-state index is -3.80. The standard InChI is InChI=1S/C27H37N2O12PS3/c1-7-10-37-24(32)27(25(33)38-11-8-2,15-36-17-44-45-19(5)9-3)16-39-42(43,35-6)41-20-12-22(40-21(20)14-30)29-13-18(4)23(31)28-26(29)34/h1-2,13,19-22,30H,9-12,14-17H2,3-6H3,(H,28,31,34)/t19?,20?,21-,22-,42?/m1/s1. The molecule has 1 saturated heterocycles. The van der Waals surface area contributed by atoms with E-state index in [9.17, 15) is 24.3 Å². The van der Waals surface area contributed by atoms with Crippen molar-refractivity contribution in [3.05, 3.63) is 32.6 Å². The Morgan fingerprint density at radius 3 is 2.47 bits per heavy atom. The highest BCUT2D eigenvalue weighted by atomic mass is 33.1. The summed E-state index contributed by atoms with van der Waals surface area (Å²) in [6, 6.07) is 0. The molecule has 1 aromatic heterocycles. The number of aromatic nitrogens is 2. The lowest BCUT2D eigenvalue weighted by Crippen LogP contribution is -2.49. The van der Waals surface area contributed by atoms with Crippen molar-refractivity contribution in [2.45, 2.75) is 57.3 Å². The van der Waals surface area contributed by atoms with Crippen LogP contribution in [0.1, 0.15) is 38.5 Å². The van der Waals surface area contributed by atoms with Gasteiger partial charge in [-0.05, 0) is 25.2 Å². The van der Waals surface area contributed by atoms with Crippen LogP contribution in [0.4, 0.5) is 0 Å². The molecule has 0 saturated carbocycles. The summed E-state index contributed by atoms with van der Waals surface area (Å²) in [6.07, 6.45) is 9.88. The normalized spacial score (nSPS) is 20.0. The molecule has 1 fully saturated rings. The molecule has 0 bridgehead atoms. The largest absolute Gasteiger partial charge is 0.452 e. The van der Waals surface area contributed by atoms with Gasteiger partial charge in [0, 0.05) is 30.5 Å². The Bertz CT molecular complexity index is 1370. The van der Waals surface area contributed by atoms with Gasteiger partial charge in [0.15, 0.2) is 13.2 Å². The number of carbonyl (C=O) groups is 2. The maximum atomic E-state index is 13.3. The van der Waals surface area contributed by atoms with E-state index in [1.807, 2.05) is 13.8 Å². The lowest BCUT2D eigenvalue weighted by Gasteiger charge is -2.31. The predicted molar refractivity (Wildman–Crippen MR) is 172 cm³/mol. The van der Waals surface area contributed by atoms with Crippen LogP contribution in [0.5, 0.6) is 0 Å². The number of aliphatic hydroxyl groups is 1. The first kappa shape index (κ1) is 39.0. The first-order valence-electron chi connectivity index (χ1n) is 13.5. The van der Waals surface area contributed by atoms with Gasteiger partial charge in [-0.15, -0.1) is 12.8 Å². The lowest BCUT2D eigenvalue weighted by atomic mass is 9.90. The van der Waals surface area contributed by atoms with Crippen molar-refractivity contribution < 1.29 is 47.2 Å². The first-order valence-corrected chi connectivity index (χ1v) is 18.5. The summed E-state index contributed by atoms with van der Waals surface area (Å²) in [4.78, 5) is 53.1. The minimum absolute atomic E-state index is 0.00449. The van der Waals surface area contributed by atoms with E-state index in [0.29, 0.717) is 5.25 Å². The molecule has 1 aliphatic heterocycles. The van der Waals surface area contributed by atoms with Crippen molar-refractivity contribution in [3.63, 3.8) is 0 Å². The quantitative estimate of drug-likeness (QED) is 0.0405. The number of terminal acetylenes is 2. The highest BCUT2D eigenvalue weighted by Gasteiger charge is 2.52. The number of carbonyl (C=O) groups excluding carboxylic acids is 2. The fourth-order valence-electron chi connectivity index (χ4n) is 3.74. The molecule has 0 aliphatic carbocycles. The van der Waals surface area contributed by atoms with Gasteiger partial charge in [0.25, 0.3) is 5.56 Å². The Kier molecular flexibility index (Phi) is 16.4. The Morgan fingerprint density at radius 2 is 1.91 bits per heavy atom. The second-order valence-corrected chi connectivity index (χ2v) is 15.4. The van der Waals surface area contributed by atoms with Gasteiger partial charge in [0.05, 0.1) is 25.9 Å². The molecule has 0 spiro atoms. The molecule has 45 heavy (non-hydrogen) atoms. The summed E-state index contributed by atoms with van der Waals surface area (Å²) < 4.78 is 40.1. The highest BCUT2D eigenvalue weighted by Crippen LogP contribution is 2.53. The number of aryl methyl sites for hydroxylation is 1. The summed E-state index contributed by atoms with van der Waals surface area (Å²) in [6.45, 7) is -0.968. The van der Waals surface area contributed by atoms with E-state index < -0.39 is 86.8 Å². The fraction of sp³-hybridized carbons (Fsp3) is 0.630. The Hall–Kier alpha value is -2.15. The maximum Gasteiger partial charge on any atom is 0.330 e. The summed E-state index contributed by atoms with van der Waals surface area (Å²) >= 11 is 5.55. The maximum absolute atomic E-state index is 13.3. The van der Waals surface area contributed by atoms with Gasteiger partial charge in [-0.3, -0.25) is 23.9 Å². The molecule has 2 heterocycles. The zero-order valence-corrected chi connectivity index (χ0v) is 28.6. The topological polar surface area (TPSA) is 174 Å². The van der Waals surface area contributed by atoms with Crippen molar-refractivity contribution in [1.82, 2.24) is 9.55 Å². The van der Waals surface area contributed by atoms with E-state index in [4.69, 9.17) is 57.2 Å². The molecular formula is C27H37N2O12PS3. The zero-order valence-electron chi connectivity index (χ0n) is 25.3.